The lowest BCUT2D eigenvalue weighted by Crippen LogP contribution is -2.17. The molecule has 1 heterocycles. The number of hydrazone groups is 1. The van der Waals surface area contributed by atoms with Crippen LogP contribution in [0, 0.1) is 0 Å². The number of hydrogen-bond donors (Lipinski definition) is 3. The van der Waals surface area contributed by atoms with Gasteiger partial charge in [-0.1, -0.05) is 31.2 Å². The van der Waals surface area contributed by atoms with Crippen molar-refractivity contribution >= 4 is 12.1 Å². The molecule has 1 aromatic heterocycles. The zero-order valence-corrected chi connectivity index (χ0v) is 14.8. The first-order valence-corrected chi connectivity index (χ1v) is 8.57. The van der Waals surface area contributed by atoms with E-state index in [0.29, 0.717) is 17.9 Å². The molecule has 1 amide bonds. The van der Waals surface area contributed by atoms with E-state index in [1.165, 1.54) is 12.3 Å². The average Bonchev–Trinajstić information content (AvgIpc) is 3.17. The Balaban J connectivity index is 1.69. The first-order chi connectivity index (χ1) is 13.2. The van der Waals surface area contributed by atoms with Crippen molar-refractivity contribution in [1.29, 1.82) is 0 Å². The van der Waals surface area contributed by atoms with Crippen LogP contribution in [0.25, 0.3) is 11.3 Å². The Morgan fingerprint density at radius 2 is 2.11 bits per heavy atom. The summed E-state index contributed by atoms with van der Waals surface area (Å²) in [5.74, 6) is 0.435. The average molecular weight is 364 g/mol. The minimum Gasteiger partial charge on any atom is -0.508 e. The van der Waals surface area contributed by atoms with E-state index in [1.54, 1.807) is 24.3 Å². The van der Waals surface area contributed by atoms with Crippen LogP contribution < -0.4 is 10.2 Å². The number of amides is 1. The minimum atomic E-state index is -0.419. The molecule has 0 radical (unpaired) electrons. The molecule has 7 heteroatoms. The van der Waals surface area contributed by atoms with Gasteiger partial charge in [0, 0.05) is 5.56 Å². The summed E-state index contributed by atoms with van der Waals surface area (Å²) < 4.78 is 5.74. The van der Waals surface area contributed by atoms with Crippen LogP contribution in [0.1, 0.15) is 29.4 Å². The number of para-hydroxylation sites is 1. The highest BCUT2D eigenvalue weighted by molar-refractivity contribution is 5.94. The van der Waals surface area contributed by atoms with E-state index in [4.69, 9.17) is 4.74 Å². The van der Waals surface area contributed by atoms with Gasteiger partial charge < -0.3 is 9.84 Å². The van der Waals surface area contributed by atoms with Gasteiger partial charge in [-0.15, -0.1) is 0 Å². The highest BCUT2D eigenvalue weighted by Crippen LogP contribution is 2.28. The second kappa shape index (κ2) is 8.66. The molecule has 7 nitrogen and oxygen atoms in total. The van der Waals surface area contributed by atoms with Gasteiger partial charge in [-0.05, 0) is 42.3 Å². The fourth-order valence-electron chi connectivity index (χ4n) is 2.42. The second-order valence-electron chi connectivity index (χ2n) is 5.81. The van der Waals surface area contributed by atoms with Gasteiger partial charge in [0.15, 0.2) is 0 Å². The normalized spacial score (nSPS) is 10.9. The number of hydrogen-bond acceptors (Lipinski definition) is 5. The molecule has 3 aromatic rings. The maximum atomic E-state index is 12.2. The van der Waals surface area contributed by atoms with Gasteiger partial charge in [0.05, 0.1) is 18.5 Å². The third-order valence-electron chi connectivity index (χ3n) is 3.70. The summed E-state index contributed by atoms with van der Waals surface area (Å²) in [5, 5.41) is 20.2. The van der Waals surface area contributed by atoms with Crippen LogP contribution >= 0.6 is 0 Å². The third kappa shape index (κ3) is 4.72. The molecular weight excluding hydrogens is 344 g/mol. The van der Waals surface area contributed by atoms with Crippen LogP contribution in [0.4, 0.5) is 0 Å². The standard InChI is InChI=1S/C20H20N4O3/c1-2-10-27-19-9-4-3-8-16(19)17-12-18(23-22-17)20(26)24-21-13-14-6-5-7-15(25)11-14/h3-9,11-13,25H,2,10H2,1H3,(H,22,23)(H,24,26). The Morgan fingerprint density at radius 1 is 1.26 bits per heavy atom. The molecule has 138 valence electrons. The Bertz CT molecular complexity index is 950. The molecule has 27 heavy (non-hydrogen) atoms. The van der Waals surface area contributed by atoms with E-state index < -0.39 is 5.91 Å². The topological polar surface area (TPSA) is 99.6 Å². The van der Waals surface area contributed by atoms with Gasteiger partial charge in [-0.3, -0.25) is 9.89 Å². The van der Waals surface area contributed by atoms with E-state index in [1.807, 2.05) is 31.2 Å². The number of phenols is 1. The van der Waals surface area contributed by atoms with Crippen LogP contribution in [0.5, 0.6) is 11.5 Å². The van der Waals surface area contributed by atoms with Crippen LogP contribution in [0.3, 0.4) is 0 Å². The molecular formula is C20H20N4O3. The molecule has 0 saturated heterocycles. The first kappa shape index (κ1) is 18.2. The molecule has 0 unspecified atom stereocenters. The number of benzene rings is 2. The fourth-order valence-corrected chi connectivity index (χ4v) is 2.42. The van der Waals surface area contributed by atoms with Gasteiger partial charge in [-0.25, -0.2) is 5.43 Å². The van der Waals surface area contributed by atoms with Crippen LogP contribution in [0.15, 0.2) is 59.7 Å². The smallest absolute Gasteiger partial charge is 0.289 e. The van der Waals surface area contributed by atoms with E-state index in [2.05, 4.69) is 20.7 Å². The van der Waals surface area contributed by atoms with Crippen molar-refractivity contribution in [3.05, 3.63) is 65.9 Å². The van der Waals surface area contributed by atoms with Crippen LogP contribution in [-0.4, -0.2) is 34.0 Å². The van der Waals surface area contributed by atoms with Gasteiger partial charge >= 0.3 is 0 Å². The molecule has 0 atom stereocenters. The Labute approximate surface area is 156 Å². The number of carbonyl (C=O) groups excluding carboxylic acids is 1. The van der Waals surface area contributed by atoms with Gasteiger partial charge in [0.2, 0.25) is 0 Å². The largest absolute Gasteiger partial charge is 0.508 e. The number of phenolic OH excluding ortho intramolecular Hbond substituents is 1. The highest BCUT2D eigenvalue weighted by atomic mass is 16.5. The molecule has 0 saturated carbocycles. The van der Waals surface area contributed by atoms with Gasteiger partial charge in [0.25, 0.3) is 5.91 Å². The molecule has 3 rings (SSSR count). The molecule has 3 N–H and O–H groups in total. The van der Waals surface area contributed by atoms with Crippen molar-refractivity contribution in [1.82, 2.24) is 15.6 Å². The Hall–Kier alpha value is -3.61. The summed E-state index contributed by atoms with van der Waals surface area (Å²) in [6, 6.07) is 15.7. The summed E-state index contributed by atoms with van der Waals surface area (Å²) in [4.78, 5) is 12.2. The van der Waals surface area contributed by atoms with Crippen molar-refractivity contribution in [3.8, 4) is 22.8 Å². The number of ether oxygens (including phenoxy) is 1. The first-order valence-electron chi connectivity index (χ1n) is 8.57. The minimum absolute atomic E-state index is 0.132. The number of aromatic hydroxyl groups is 1. The van der Waals surface area contributed by atoms with Gasteiger partial charge in [-0.2, -0.15) is 10.2 Å². The lowest BCUT2D eigenvalue weighted by Gasteiger charge is -2.08. The predicted molar refractivity (Wildman–Crippen MR) is 103 cm³/mol. The number of carbonyl (C=O) groups is 1. The predicted octanol–water partition coefficient (Wildman–Crippen LogP) is 3.34. The Morgan fingerprint density at radius 3 is 2.93 bits per heavy atom. The zero-order chi connectivity index (χ0) is 19.1. The highest BCUT2D eigenvalue weighted by Gasteiger charge is 2.13. The number of rotatable bonds is 7. The second-order valence-corrected chi connectivity index (χ2v) is 5.81. The maximum Gasteiger partial charge on any atom is 0.289 e. The SMILES string of the molecule is CCCOc1ccccc1-c1cc(C(=O)NN=Cc2cccc(O)c2)[nH]n1. The summed E-state index contributed by atoms with van der Waals surface area (Å²) in [6.07, 6.45) is 2.35. The summed E-state index contributed by atoms with van der Waals surface area (Å²) in [6.45, 7) is 2.65. The molecule has 0 fully saturated rings. The zero-order valence-electron chi connectivity index (χ0n) is 14.8. The van der Waals surface area contributed by atoms with E-state index in [9.17, 15) is 9.90 Å². The van der Waals surface area contributed by atoms with E-state index >= 15 is 0 Å². The molecule has 0 bridgehead atoms. The third-order valence-corrected chi connectivity index (χ3v) is 3.70. The van der Waals surface area contributed by atoms with Crippen molar-refractivity contribution in [2.45, 2.75) is 13.3 Å². The van der Waals surface area contributed by atoms with Crippen LogP contribution in [0.2, 0.25) is 0 Å². The van der Waals surface area contributed by atoms with Crippen molar-refractivity contribution in [2.75, 3.05) is 6.61 Å². The molecule has 0 aliphatic rings. The lowest BCUT2D eigenvalue weighted by molar-refractivity contribution is 0.0950. The molecule has 2 aromatic carbocycles. The van der Waals surface area contributed by atoms with Crippen molar-refractivity contribution in [2.24, 2.45) is 5.10 Å². The monoisotopic (exact) mass is 364 g/mol. The summed E-state index contributed by atoms with van der Waals surface area (Å²) in [7, 11) is 0. The lowest BCUT2D eigenvalue weighted by atomic mass is 10.1. The number of H-pyrrole nitrogens is 1. The molecule has 0 aliphatic carbocycles. The fraction of sp³-hybridized carbons (Fsp3) is 0.150. The number of nitrogens with zero attached hydrogens (tertiary/aromatic N) is 2. The summed E-state index contributed by atoms with van der Waals surface area (Å²) in [5.41, 5.74) is 4.80. The van der Waals surface area contributed by atoms with Crippen molar-refractivity contribution < 1.29 is 14.6 Å². The molecule has 0 aliphatic heterocycles. The molecule has 0 spiro atoms. The summed E-state index contributed by atoms with van der Waals surface area (Å²) >= 11 is 0. The van der Waals surface area contributed by atoms with E-state index in [0.717, 1.165) is 17.7 Å². The quantitative estimate of drug-likeness (QED) is 0.442. The number of aromatic amines is 1. The Kier molecular flexibility index (Phi) is 5.84. The van der Waals surface area contributed by atoms with Crippen molar-refractivity contribution in [3.63, 3.8) is 0 Å². The van der Waals surface area contributed by atoms with E-state index in [-0.39, 0.29) is 11.4 Å². The number of nitrogens with one attached hydrogen (secondary N) is 2. The van der Waals surface area contributed by atoms with Gasteiger partial charge in [0.1, 0.15) is 17.2 Å². The maximum absolute atomic E-state index is 12.2. The van der Waals surface area contributed by atoms with Crippen LogP contribution in [-0.2, 0) is 0 Å². The number of aromatic nitrogens is 2.